The van der Waals surface area contributed by atoms with E-state index in [-0.39, 0.29) is 5.82 Å². The Kier molecular flexibility index (Phi) is 4.29. The van der Waals surface area contributed by atoms with Crippen molar-refractivity contribution in [2.45, 2.75) is 6.92 Å². The Bertz CT molecular complexity index is 889. The Morgan fingerprint density at radius 3 is 2.75 bits per heavy atom. The summed E-state index contributed by atoms with van der Waals surface area (Å²) in [6.07, 6.45) is 0. The fourth-order valence-corrected chi connectivity index (χ4v) is 2.38. The summed E-state index contributed by atoms with van der Waals surface area (Å²) in [5.41, 5.74) is 7.79. The van der Waals surface area contributed by atoms with Crippen LogP contribution in [0.25, 0.3) is 16.9 Å². The zero-order valence-electron chi connectivity index (χ0n) is 13.1. The van der Waals surface area contributed by atoms with Crippen LogP contribution in [-0.4, -0.2) is 22.4 Å². The van der Waals surface area contributed by atoms with Gasteiger partial charge >= 0.3 is 5.97 Å². The van der Waals surface area contributed by atoms with Crippen molar-refractivity contribution in [3.8, 4) is 16.9 Å². The molecule has 0 saturated heterocycles. The van der Waals surface area contributed by atoms with Crippen molar-refractivity contribution in [3.05, 3.63) is 66.0 Å². The predicted molar refractivity (Wildman–Crippen MR) is 89.3 cm³/mol. The van der Waals surface area contributed by atoms with Gasteiger partial charge < -0.3 is 10.5 Å². The summed E-state index contributed by atoms with van der Waals surface area (Å²) in [4.78, 5) is 11.9. The average Bonchev–Trinajstić information content (AvgIpc) is 2.97. The molecule has 2 N–H and O–H groups in total. The fourth-order valence-electron chi connectivity index (χ4n) is 2.38. The number of ether oxygens (including phenoxy) is 1. The van der Waals surface area contributed by atoms with Gasteiger partial charge in [0.25, 0.3) is 0 Å². The molecule has 3 rings (SSSR count). The first-order valence-corrected chi connectivity index (χ1v) is 7.48. The molecule has 0 amide bonds. The van der Waals surface area contributed by atoms with Crippen LogP contribution < -0.4 is 5.73 Å². The maximum absolute atomic E-state index is 13.9. The van der Waals surface area contributed by atoms with Gasteiger partial charge in [-0.1, -0.05) is 18.2 Å². The number of anilines is 1. The molecule has 2 aromatic carbocycles. The van der Waals surface area contributed by atoms with E-state index in [2.05, 4.69) is 5.10 Å². The van der Waals surface area contributed by atoms with E-state index < -0.39 is 5.97 Å². The van der Waals surface area contributed by atoms with Crippen LogP contribution in [0, 0.1) is 5.82 Å². The standard InChI is InChI=1S/C18H16FN3O2/c1-2-24-18(23)12-6-5-7-13(10-12)22-17(20)11-16(21-22)14-8-3-4-9-15(14)19/h3-11H,2,20H2,1H3. The molecular weight excluding hydrogens is 309 g/mol. The molecule has 1 aromatic heterocycles. The number of hydrogen-bond donors (Lipinski definition) is 1. The van der Waals surface area contributed by atoms with Gasteiger partial charge in [0.05, 0.1) is 23.6 Å². The number of nitrogen functional groups attached to an aromatic ring is 1. The van der Waals surface area contributed by atoms with Crippen LogP contribution in [-0.2, 0) is 4.74 Å². The lowest BCUT2D eigenvalue weighted by molar-refractivity contribution is 0.0526. The molecule has 0 atom stereocenters. The van der Waals surface area contributed by atoms with Crippen molar-refractivity contribution >= 4 is 11.8 Å². The maximum Gasteiger partial charge on any atom is 0.338 e. The quantitative estimate of drug-likeness (QED) is 0.746. The molecule has 122 valence electrons. The monoisotopic (exact) mass is 325 g/mol. The summed E-state index contributed by atoms with van der Waals surface area (Å²) >= 11 is 0. The molecule has 1 heterocycles. The van der Waals surface area contributed by atoms with E-state index in [1.54, 1.807) is 55.5 Å². The Morgan fingerprint density at radius 1 is 1.21 bits per heavy atom. The second-order valence-electron chi connectivity index (χ2n) is 5.12. The molecule has 0 aliphatic rings. The molecule has 0 aliphatic heterocycles. The first-order chi connectivity index (χ1) is 11.6. The van der Waals surface area contributed by atoms with Gasteiger partial charge in [0, 0.05) is 11.6 Å². The van der Waals surface area contributed by atoms with Crippen LogP contribution in [0.15, 0.2) is 54.6 Å². The number of esters is 1. The molecule has 0 fully saturated rings. The second-order valence-corrected chi connectivity index (χ2v) is 5.12. The zero-order chi connectivity index (χ0) is 17.1. The summed E-state index contributed by atoms with van der Waals surface area (Å²) in [7, 11) is 0. The van der Waals surface area contributed by atoms with Gasteiger partial charge in [0.1, 0.15) is 11.6 Å². The zero-order valence-corrected chi connectivity index (χ0v) is 13.1. The minimum absolute atomic E-state index is 0.296. The van der Waals surface area contributed by atoms with Crippen molar-refractivity contribution in [3.63, 3.8) is 0 Å². The Labute approximate surface area is 138 Å². The molecule has 0 saturated carbocycles. The van der Waals surface area contributed by atoms with Crippen LogP contribution in [0.4, 0.5) is 10.2 Å². The minimum atomic E-state index is -0.417. The molecule has 0 spiro atoms. The molecule has 0 radical (unpaired) electrons. The average molecular weight is 325 g/mol. The van der Waals surface area contributed by atoms with Crippen LogP contribution >= 0.6 is 0 Å². The maximum atomic E-state index is 13.9. The Balaban J connectivity index is 2.01. The fraction of sp³-hybridized carbons (Fsp3) is 0.111. The van der Waals surface area contributed by atoms with E-state index in [1.165, 1.54) is 10.7 Å². The van der Waals surface area contributed by atoms with Gasteiger partial charge in [-0.05, 0) is 37.3 Å². The molecule has 0 unspecified atom stereocenters. The predicted octanol–water partition coefficient (Wildman–Crippen LogP) is 3.44. The van der Waals surface area contributed by atoms with Gasteiger partial charge in [-0.15, -0.1) is 0 Å². The lowest BCUT2D eigenvalue weighted by Gasteiger charge is -2.06. The SMILES string of the molecule is CCOC(=O)c1cccc(-n2nc(-c3ccccc3F)cc2N)c1. The number of halogens is 1. The van der Waals surface area contributed by atoms with E-state index >= 15 is 0 Å². The summed E-state index contributed by atoms with van der Waals surface area (Å²) < 4.78 is 20.4. The van der Waals surface area contributed by atoms with Crippen LogP contribution in [0.3, 0.4) is 0 Å². The summed E-state index contributed by atoms with van der Waals surface area (Å²) in [6.45, 7) is 2.04. The van der Waals surface area contributed by atoms with E-state index in [9.17, 15) is 9.18 Å². The molecular formula is C18H16FN3O2. The molecule has 6 heteroatoms. The number of carbonyl (C=O) groups excluding carboxylic acids is 1. The molecule has 24 heavy (non-hydrogen) atoms. The van der Waals surface area contributed by atoms with Gasteiger partial charge in [-0.3, -0.25) is 0 Å². The summed E-state index contributed by atoms with van der Waals surface area (Å²) in [5, 5.41) is 4.36. The van der Waals surface area contributed by atoms with Gasteiger partial charge in [0.15, 0.2) is 0 Å². The number of benzene rings is 2. The number of rotatable bonds is 4. The first kappa shape index (κ1) is 15.7. The lowest BCUT2D eigenvalue weighted by atomic mass is 10.1. The number of nitrogens with two attached hydrogens (primary N) is 1. The van der Waals surface area contributed by atoms with E-state index in [1.807, 2.05) is 0 Å². The van der Waals surface area contributed by atoms with Crippen molar-refractivity contribution in [2.75, 3.05) is 12.3 Å². The van der Waals surface area contributed by atoms with E-state index in [0.717, 1.165) is 0 Å². The van der Waals surface area contributed by atoms with Gasteiger partial charge in [-0.2, -0.15) is 5.10 Å². The minimum Gasteiger partial charge on any atom is -0.462 e. The van der Waals surface area contributed by atoms with Crippen molar-refractivity contribution in [1.29, 1.82) is 0 Å². The third-order valence-corrected chi connectivity index (χ3v) is 3.49. The molecule has 0 bridgehead atoms. The van der Waals surface area contributed by atoms with Crippen molar-refractivity contribution < 1.29 is 13.9 Å². The summed E-state index contributed by atoms with van der Waals surface area (Å²) in [6, 6.07) is 14.7. The largest absolute Gasteiger partial charge is 0.462 e. The van der Waals surface area contributed by atoms with Gasteiger partial charge in [-0.25, -0.2) is 13.9 Å². The third-order valence-electron chi connectivity index (χ3n) is 3.49. The van der Waals surface area contributed by atoms with Gasteiger partial charge in [0.2, 0.25) is 0 Å². The number of nitrogens with zero attached hydrogens (tertiary/aromatic N) is 2. The van der Waals surface area contributed by atoms with E-state index in [4.69, 9.17) is 10.5 Å². The van der Waals surface area contributed by atoms with Crippen LogP contribution in [0.5, 0.6) is 0 Å². The highest BCUT2D eigenvalue weighted by Crippen LogP contribution is 2.25. The number of hydrogen-bond acceptors (Lipinski definition) is 4. The Hall–Kier alpha value is -3.15. The summed E-state index contributed by atoms with van der Waals surface area (Å²) in [5.74, 6) is -0.448. The highest BCUT2D eigenvalue weighted by atomic mass is 19.1. The van der Waals surface area contributed by atoms with E-state index in [0.29, 0.717) is 34.9 Å². The lowest BCUT2D eigenvalue weighted by Crippen LogP contribution is -2.07. The number of aromatic nitrogens is 2. The number of carbonyl (C=O) groups is 1. The molecule has 5 nitrogen and oxygen atoms in total. The highest BCUT2D eigenvalue weighted by molar-refractivity contribution is 5.90. The third kappa shape index (κ3) is 2.99. The topological polar surface area (TPSA) is 70.1 Å². The first-order valence-electron chi connectivity index (χ1n) is 7.48. The highest BCUT2D eigenvalue weighted by Gasteiger charge is 2.13. The Morgan fingerprint density at radius 2 is 2.00 bits per heavy atom. The smallest absolute Gasteiger partial charge is 0.338 e. The van der Waals surface area contributed by atoms with Crippen LogP contribution in [0.2, 0.25) is 0 Å². The van der Waals surface area contributed by atoms with Crippen molar-refractivity contribution in [1.82, 2.24) is 9.78 Å². The van der Waals surface area contributed by atoms with Crippen LogP contribution in [0.1, 0.15) is 17.3 Å². The molecule has 3 aromatic rings. The normalized spacial score (nSPS) is 10.6. The van der Waals surface area contributed by atoms with Crippen molar-refractivity contribution in [2.24, 2.45) is 0 Å². The molecule has 0 aliphatic carbocycles. The second kappa shape index (κ2) is 6.54.